The van der Waals surface area contributed by atoms with E-state index in [1.165, 1.54) is 17.7 Å². The SMILES string of the molecule is CC(C)C1C(c2ccccc2)CN(C)C12COC2.CC(C)C1CN(C)C2(COC2)C1c1ccccc1. The van der Waals surface area contributed by atoms with Crippen LogP contribution in [0.4, 0.5) is 0 Å². The van der Waals surface area contributed by atoms with Crippen molar-refractivity contribution in [2.75, 3.05) is 53.6 Å². The molecule has 4 heteroatoms. The minimum Gasteiger partial charge on any atom is -0.377 e. The van der Waals surface area contributed by atoms with Crippen LogP contribution in [0.25, 0.3) is 0 Å². The second kappa shape index (κ2) is 10.2. The van der Waals surface area contributed by atoms with Gasteiger partial charge in [0, 0.05) is 24.9 Å². The molecule has 6 rings (SSSR count). The van der Waals surface area contributed by atoms with Gasteiger partial charge in [0.1, 0.15) is 0 Å². The van der Waals surface area contributed by atoms with Crippen LogP contribution in [0.5, 0.6) is 0 Å². The lowest BCUT2D eigenvalue weighted by Crippen LogP contribution is -2.62. The number of nitrogens with zero attached hydrogens (tertiary/aromatic N) is 2. The van der Waals surface area contributed by atoms with E-state index in [1.54, 1.807) is 0 Å². The van der Waals surface area contributed by atoms with Gasteiger partial charge in [-0.2, -0.15) is 0 Å². The van der Waals surface area contributed by atoms with Gasteiger partial charge >= 0.3 is 0 Å². The largest absolute Gasteiger partial charge is 0.377 e. The molecule has 4 heterocycles. The van der Waals surface area contributed by atoms with Crippen molar-refractivity contribution in [2.45, 2.75) is 50.6 Å². The summed E-state index contributed by atoms with van der Waals surface area (Å²) in [6.45, 7) is 15.4. The van der Waals surface area contributed by atoms with E-state index in [-0.39, 0.29) is 5.54 Å². The maximum absolute atomic E-state index is 5.57. The Morgan fingerprint density at radius 3 is 1.61 bits per heavy atom. The number of rotatable bonds is 4. The average molecular weight is 491 g/mol. The number of hydrogen-bond donors (Lipinski definition) is 0. The van der Waals surface area contributed by atoms with Gasteiger partial charge < -0.3 is 9.47 Å². The van der Waals surface area contributed by atoms with Gasteiger partial charge in [0.2, 0.25) is 0 Å². The summed E-state index contributed by atoms with van der Waals surface area (Å²) in [7, 11) is 4.53. The maximum atomic E-state index is 5.57. The van der Waals surface area contributed by atoms with E-state index in [1.807, 2.05) is 0 Å². The molecule has 4 atom stereocenters. The minimum atomic E-state index is 0.260. The Morgan fingerprint density at radius 2 is 1.17 bits per heavy atom. The van der Waals surface area contributed by atoms with Crippen molar-refractivity contribution in [3.8, 4) is 0 Å². The minimum absolute atomic E-state index is 0.260. The summed E-state index contributed by atoms with van der Waals surface area (Å²) in [6, 6.07) is 22.0. The van der Waals surface area contributed by atoms with E-state index in [4.69, 9.17) is 9.47 Å². The molecule has 196 valence electrons. The lowest BCUT2D eigenvalue weighted by atomic mass is 9.70. The van der Waals surface area contributed by atoms with Gasteiger partial charge in [-0.05, 0) is 48.9 Å². The molecule has 4 aliphatic rings. The molecule has 2 aromatic rings. The van der Waals surface area contributed by atoms with Gasteiger partial charge in [-0.1, -0.05) is 88.4 Å². The monoisotopic (exact) mass is 490 g/mol. The molecule has 4 aliphatic heterocycles. The summed E-state index contributed by atoms with van der Waals surface area (Å²) in [4.78, 5) is 5.08. The second-order valence-corrected chi connectivity index (χ2v) is 12.5. The highest BCUT2D eigenvalue weighted by Crippen LogP contribution is 2.52. The van der Waals surface area contributed by atoms with E-state index in [2.05, 4.69) is 112 Å². The third kappa shape index (κ3) is 4.24. The molecule has 0 N–H and O–H groups in total. The molecule has 4 unspecified atom stereocenters. The van der Waals surface area contributed by atoms with E-state index in [0.717, 1.165) is 44.8 Å². The predicted octanol–water partition coefficient (Wildman–Crippen LogP) is 5.51. The van der Waals surface area contributed by atoms with E-state index in [0.29, 0.717) is 29.2 Å². The zero-order valence-corrected chi connectivity index (χ0v) is 23.2. The standard InChI is InChI=1S/2C16H23NO/c1-12(2)15-14(13-7-5-4-6-8-13)9-17(3)16(15)10-18-11-16;1-12(2)14-9-17(3)16(10-18-11-16)15(14)13-7-5-4-6-8-13/h2*4-8,12,14-15H,9-11H2,1-3H3. The van der Waals surface area contributed by atoms with Crippen molar-refractivity contribution in [2.24, 2.45) is 23.7 Å². The van der Waals surface area contributed by atoms with Crippen LogP contribution in [0.3, 0.4) is 0 Å². The molecule has 4 saturated heterocycles. The number of likely N-dealkylation sites (tertiary alicyclic amines) is 2. The first-order valence-electron chi connectivity index (χ1n) is 14.0. The van der Waals surface area contributed by atoms with Crippen molar-refractivity contribution in [1.82, 2.24) is 9.80 Å². The van der Waals surface area contributed by atoms with Crippen LogP contribution in [0.1, 0.15) is 50.7 Å². The molecule has 2 spiro atoms. The normalized spacial score (nSPS) is 30.9. The van der Waals surface area contributed by atoms with Gasteiger partial charge in [-0.3, -0.25) is 9.80 Å². The van der Waals surface area contributed by atoms with Crippen molar-refractivity contribution in [3.05, 3.63) is 71.8 Å². The van der Waals surface area contributed by atoms with Crippen LogP contribution in [0.15, 0.2) is 60.7 Å². The zero-order valence-electron chi connectivity index (χ0n) is 23.2. The summed E-state index contributed by atoms with van der Waals surface area (Å²) < 4.78 is 11.1. The molecule has 4 fully saturated rings. The molecule has 0 aliphatic carbocycles. The van der Waals surface area contributed by atoms with Crippen LogP contribution >= 0.6 is 0 Å². The maximum Gasteiger partial charge on any atom is 0.0748 e. The lowest BCUT2D eigenvalue weighted by molar-refractivity contribution is -0.143. The Labute approximate surface area is 219 Å². The van der Waals surface area contributed by atoms with Crippen LogP contribution < -0.4 is 0 Å². The fourth-order valence-electron chi connectivity index (χ4n) is 7.81. The fourth-order valence-corrected chi connectivity index (χ4v) is 7.81. The second-order valence-electron chi connectivity index (χ2n) is 12.5. The molecule has 36 heavy (non-hydrogen) atoms. The number of ether oxygens (including phenoxy) is 2. The zero-order chi connectivity index (χ0) is 25.5. The van der Waals surface area contributed by atoms with Crippen LogP contribution in [-0.2, 0) is 9.47 Å². The van der Waals surface area contributed by atoms with Crippen molar-refractivity contribution in [1.29, 1.82) is 0 Å². The molecule has 0 radical (unpaired) electrons. The molecule has 0 aromatic heterocycles. The van der Waals surface area contributed by atoms with Crippen molar-refractivity contribution < 1.29 is 9.47 Å². The highest BCUT2D eigenvalue weighted by atomic mass is 16.5. The van der Waals surface area contributed by atoms with Crippen molar-refractivity contribution in [3.63, 3.8) is 0 Å². The van der Waals surface area contributed by atoms with Crippen LogP contribution in [0.2, 0.25) is 0 Å². The van der Waals surface area contributed by atoms with Crippen LogP contribution in [-0.4, -0.2) is 74.5 Å². The Bertz CT molecular complexity index is 984. The smallest absolute Gasteiger partial charge is 0.0748 e. The summed E-state index contributed by atoms with van der Waals surface area (Å²) in [5.41, 5.74) is 3.54. The molecular formula is C32H46N2O2. The van der Waals surface area contributed by atoms with Gasteiger partial charge in [0.05, 0.1) is 37.5 Å². The first kappa shape index (κ1) is 25.9. The predicted molar refractivity (Wildman–Crippen MR) is 147 cm³/mol. The topological polar surface area (TPSA) is 24.9 Å². The number of hydrogen-bond acceptors (Lipinski definition) is 4. The van der Waals surface area contributed by atoms with E-state index in [9.17, 15) is 0 Å². The number of likely N-dealkylation sites (N-methyl/N-ethyl adjacent to an activating group) is 2. The fraction of sp³-hybridized carbons (Fsp3) is 0.625. The Morgan fingerprint density at radius 1 is 0.667 bits per heavy atom. The van der Waals surface area contributed by atoms with Crippen LogP contribution in [0, 0.1) is 23.7 Å². The summed E-state index contributed by atoms with van der Waals surface area (Å²) in [5, 5.41) is 0. The van der Waals surface area contributed by atoms with E-state index < -0.39 is 0 Å². The molecular weight excluding hydrogens is 444 g/mol. The number of benzene rings is 2. The molecule has 0 saturated carbocycles. The first-order valence-corrected chi connectivity index (χ1v) is 14.0. The highest BCUT2D eigenvalue weighted by Gasteiger charge is 2.58. The molecule has 0 amide bonds. The van der Waals surface area contributed by atoms with E-state index >= 15 is 0 Å². The average Bonchev–Trinajstić information content (AvgIpc) is 3.32. The molecule has 2 aromatic carbocycles. The van der Waals surface area contributed by atoms with Gasteiger partial charge in [0.15, 0.2) is 0 Å². The molecule has 0 bridgehead atoms. The highest BCUT2D eigenvalue weighted by molar-refractivity contribution is 5.30. The Hall–Kier alpha value is -1.72. The van der Waals surface area contributed by atoms with Gasteiger partial charge in [-0.15, -0.1) is 0 Å². The lowest BCUT2D eigenvalue weighted by Gasteiger charge is -2.49. The third-order valence-electron chi connectivity index (χ3n) is 9.91. The van der Waals surface area contributed by atoms with Gasteiger partial charge in [-0.25, -0.2) is 0 Å². The first-order chi connectivity index (χ1) is 17.3. The summed E-state index contributed by atoms with van der Waals surface area (Å²) in [5.74, 6) is 4.14. The Kier molecular flexibility index (Phi) is 7.35. The summed E-state index contributed by atoms with van der Waals surface area (Å²) in [6.07, 6.45) is 0. The third-order valence-corrected chi connectivity index (χ3v) is 9.91. The van der Waals surface area contributed by atoms with Gasteiger partial charge in [0.25, 0.3) is 0 Å². The summed E-state index contributed by atoms with van der Waals surface area (Å²) >= 11 is 0. The molecule has 4 nitrogen and oxygen atoms in total. The quantitative estimate of drug-likeness (QED) is 0.564. The van der Waals surface area contributed by atoms with Crippen molar-refractivity contribution >= 4 is 0 Å². The Balaban J connectivity index is 0.000000148.